The first-order valence-corrected chi connectivity index (χ1v) is 18.9. The molecule has 0 radical (unpaired) electrons. The lowest BCUT2D eigenvalue weighted by atomic mass is 10.0. The molecule has 11 rings (SSSR count). The Balaban J connectivity index is 1.08. The van der Waals surface area contributed by atoms with Gasteiger partial charge in [-0.15, -0.1) is 0 Å². The molecule has 4 nitrogen and oxygen atoms in total. The van der Waals surface area contributed by atoms with Crippen molar-refractivity contribution in [1.29, 1.82) is 0 Å². The third-order valence-electron chi connectivity index (χ3n) is 10.9. The molecule has 262 valence electrons. The minimum absolute atomic E-state index is 0.673. The molecule has 0 atom stereocenters. The first-order valence-electron chi connectivity index (χ1n) is 18.9. The van der Waals surface area contributed by atoms with Crippen molar-refractivity contribution in [1.82, 2.24) is 14.5 Å². The van der Waals surface area contributed by atoms with Gasteiger partial charge in [-0.05, 0) is 64.7 Å². The van der Waals surface area contributed by atoms with E-state index in [1.165, 1.54) is 33.0 Å². The lowest BCUT2D eigenvalue weighted by molar-refractivity contribution is 0.669. The van der Waals surface area contributed by atoms with Crippen molar-refractivity contribution in [2.24, 2.45) is 0 Å². The molecule has 0 aliphatic heterocycles. The number of para-hydroxylation sites is 2. The highest BCUT2D eigenvalue weighted by molar-refractivity contribution is 6.11. The van der Waals surface area contributed by atoms with Crippen molar-refractivity contribution in [3.63, 3.8) is 0 Å². The number of benzene rings is 8. The number of hydrogen-bond acceptors (Lipinski definition) is 3. The predicted octanol–water partition coefficient (Wildman–Crippen LogP) is 13.8. The smallest absolute Gasteiger partial charge is 0.160 e. The zero-order valence-electron chi connectivity index (χ0n) is 30.3. The monoisotopic (exact) mass is 715 g/mol. The Morgan fingerprint density at radius 3 is 1.48 bits per heavy atom. The maximum absolute atomic E-state index is 6.20. The molecule has 11 aromatic rings. The van der Waals surface area contributed by atoms with Crippen molar-refractivity contribution < 1.29 is 4.42 Å². The van der Waals surface area contributed by atoms with Crippen LogP contribution in [0.1, 0.15) is 0 Å². The maximum Gasteiger partial charge on any atom is 0.160 e. The third kappa shape index (κ3) is 5.47. The molecule has 3 aromatic heterocycles. The maximum atomic E-state index is 6.20. The van der Waals surface area contributed by atoms with E-state index in [1.807, 2.05) is 24.3 Å². The molecule has 56 heavy (non-hydrogen) atoms. The molecule has 0 N–H and O–H groups in total. The van der Waals surface area contributed by atoms with Crippen LogP contribution in [0.2, 0.25) is 0 Å². The van der Waals surface area contributed by atoms with Gasteiger partial charge in [0.25, 0.3) is 0 Å². The van der Waals surface area contributed by atoms with Gasteiger partial charge in [0.05, 0.1) is 22.4 Å². The van der Waals surface area contributed by atoms with Crippen LogP contribution in [0.4, 0.5) is 0 Å². The summed E-state index contributed by atoms with van der Waals surface area (Å²) in [5.74, 6) is 0.673. The first-order chi connectivity index (χ1) is 27.7. The Bertz CT molecular complexity index is 3110. The van der Waals surface area contributed by atoms with Gasteiger partial charge in [0, 0.05) is 43.9 Å². The standard InChI is InChI=1S/C52H33N3O/c1-3-11-34(12-4-1)36-19-23-38(24-20-36)46-33-47(39-25-21-37(22-26-39)35-13-5-2-6-14-35)54-52(53-46)40-27-29-43-42-15-7-9-17-48(42)55(49(43)31-40)41-28-30-51-45(32-41)44-16-8-10-18-50(44)56-51/h1-33H. The van der Waals surface area contributed by atoms with Crippen LogP contribution in [0.25, 0.3) is 106 Å². The van der Waals surface area contributed by atoms with Gasteiger partial charge in [0.15, 0.2) is 5.82 Å². The van der Waals surface area contributed by atoms with Crippen LogP contribution in [0.3, 0.4) is 0 Å². The second-order valence-electron chi connectivity index (χ2n) is 14.2. The number of fused-ring (bicyclic) bond motifs is 6. The van der Waals surface area contributed by atoms with E-state index in [0.29, 0.717) is 5.82 Å². The summed E-state index contributed by atoms with van der Waals surface area (Å²) in [6, 6.07) is 70.3. The highest BCUT2D eigenvalue weighted by atomic mass is 16.3. The minimum Gasteiger partial charge on any atom is -0.456 e. The summed E-state index contributed by atoms with van der Waals surface area (Å²) in [6.07, 6.45) is 0. The van der Waals surface area contributed by atoms with E-state index in [2.05, 4.69) is 180 Å². The van der Waals surface area contributed by atoms with Gasteiger partial charge < -0.3 is 8.98 Å². The van der Waals surface area contributed by atoms with Crippen LogP contribution < -0.4 is 0 Å². The van der Waals surface area contributed by atoms with Gasteiger partial charge in [-0.3, -0.25) is 0 Å². The van der Waals surface area contributed by atoms with Crippen LogP contribution in [0.15, 0.2) is 205 Å². The molecule has 0 aliphatic rings. The second-order valence-corrected chi connectivity index (χ2v) is 14.2. The van der Waals surface area contributed by atoms with Crippen molar-refractivity contribution in [3.8, 4) is 61.8 Å². The van der Waals surface area contributed by atoms with Gasteiger partial charge in [-0.25, -0.2) is 9.97 Å². The van der Waals surface area contributed by atoms with E-state index in [-0.39, 0.29) is 0 Å². The fraction of sp³-hybridized carbons (Fsp3) is 0. The Hall–Kier alpha value is -7.56. The lowest BCUT2D eigenvalue weighted by Gasteiger charge is -2.12. The Morgan fingerprint density at radius 2 is 0.821 bits per heavy atom. The van der Waals surface area contributed by atoms with Crippen molar-refractivity contribution >= 4 is 43.7 Å². The summed E-state index contributed by atoms with van der Waals surface area (Å²) in [6.45, 7) is 0. The summed E-state index contributed by atoms with van der Waals surface area (Å²) in [4.78, 5) is 10.5. The van der Waals surface area contributed by atoms with Gasteiger partial charge in [0.2, 0.25) is 0 Å². The number of rotatable bonds is 6. The summed E-state index contributed by atoms with van der Waals surface area (Å²) in [5.41, 5.74) is 14.5. The molecule has 4 heteroatoms. The van der Waals surface area contributed by atoms with Crippen molar-refractivity contribution in [3.05, 3.63) is 200 Å². The Kier molecular flexibility index (Phi) is 7.46. The van der Waals surface area contributed by atoms with Crippen LogP contribution in [0.5, 0.6) is 0 Å². The van der Waals surface area contributed by atoms with Crippen molar-refractivity contribution in [2.75, 3.05) is 0 Å². The van der Waals surface area contributed by atoms with E-state index in [1.54, 1.807) is 0 Å². The summed E-state index contributed by atoms with van der Waals surface area (Å²) < 4.78 is 8.56. The summed E-state index contributed by atoms with van der Waals surface area (Å²) >= 11 is 0. The predicted molar refractivity (Wildman–Crippen MR) is 231 cm³/mol. The van der Waals surface area contributed by atoms with E-state index in [9.17, 15) is 0 Å². The molecule has 0 amide bonds. The summed E-state index contributed by atoms with van der Waals surface area (Å²) in [5, 5.41) is 4.57. The zero-order chi connectivity index (χ0) is 37.0. The minimum atomic E-state index is 0.673. The van der Waals surface area contributed by atoms with Gasteiger partial charge in [-0.2, -0.15) is 0 Å². The molecular weight excluding hydrogens is 683 g/mol. The summed E-state index contributed by atoms with van der Waals surface area (Å²) in [7, 11) is 0. The topological polar surface area (TPSA) is 43.9 Å². The molecule has 8 aromatic carbocycles. The number of hydrogen-bond donors (Lipinski definition) is 0. The highest BCUT2D eigenvalue weighted by Gasteiger charge is 2.17. The molecule has 0 aliphatic carbocycles. The number of nitrogens with zero attached hydrogens (tertiary/aromatic N) is 3. The van der Waals surface area contributed by atoms with Gasteiger partial charge in [0.1, 0.15) is 11.2 Å². The Morgan fingerprint density at radius 1 is 0.321 bits per heavy atom. The molecule has 0 unspecified atom stereocenters. The largest absolute Gasteiger partial charge is 0.456 e. The van der Waals surface area contributed by atoms with Gasteiger partial charge in [-0.1, -0.05) is 158 Å². The van der Waals surface area contributed by atoms with E-state index in [4.69, 9.17) is 14.4 Å². The molecular formula is C52H33N3O. The quantitative estimate of drug-likeness (QED) is 0.172. The molecule has 0 spiro atoms. The van der Waals surface area contributed by atoms with Crippen LogP contribution in [-0.2, 0) is 0 Å². The number of furan rings is 1. The van der Waals surface area contributed by atoms with E-state index >= 15 is 0 Å². The Labute approximate surface area is 323 Å². The van der Waals surface area contributed by atoms with E-state index in [0.717, 1.165) is 66.7 Å². The molecule has 0 fully saturated rings. The second kappa shape index (κ2) is 13.1. The van der Waals surface area contributed by atoms with Gasteiger partial charge >= 0.3 is 0 Å². The highest BCUT2D eigenvalue weighted by Crippen LogP contribution is 2.38. The SMILES string of the molecule is c1ccc(-c2ccc(-c3cc(-c4ccc(-c5ccccc5)cc4)nc(-c4ccc5c6ccccc6n(-c6ccc7oc8ccccc8c7c6)c5c4)n3)cc2)cc1. The van der Waals surface area contributed by atoms with Crippen LogP contribution in [-0.4, -0.2) is 14.5 Å². The van der Waals surface area contributed by atoms with Crippen molar-refractivity contribution in [2.45, 2.75) is 0 Å². The normalized spacial score (nSPS) is 11.6. The fourth-order valence-corrected chi connectivity index (χ4v) is 8.04. The molecule has 0 bridgehead atoms. The molecule has 0 saturated carbocycles. The average Bonchev–Trinajstić information content (AvgIpc) is 3.82. The molecule has 0 saturated heterocycles. The van der Waals surface area contributed by atoms with Crippen LogP contribution >= 0.6 is 0 Å². The van der Waals surface area contributed by atoms with Crippen LogP contribution in [0, 0.1) is 0 Å². The number of aromatic nitrogens is 3. The van der Waals surface area contributed by atoms with E-state index < -0.39 is 0 Å². The average molecular weight is 716 g/mol. The zero-order valence-corrected chi connectivity index (χ0v) is 30.3. The molecule has 3 heterocycles. The first kappa shape index (κ1) is 31.9. The fourth-order valence-electron chi connectivity index (χ4n) is 8.04. The lowest BCUT2D eigenvalue weighted by Crippen LogP contribution is -1.97. The third-order valence-corrected chi connectivity index (χ3v) is 10.9.